The lowest BCUT2D eigenvalue weighted by molar-refractivity contribution is 0.0690. The van der Waals surface area contributed by atoms with E-state index in [1.54, 1.807) is 0 Å². The minimum Gasteiger partial charge on any atom is -0.476 e. The number of amides is 1. The smallest absolute Gasteiger partial charge is 0.358 e. The molecule has 1 aliphatic rings. The van der Waals surface area contributed by atoms with Gasteiger partial charge in [0.1, 0.15) is 5.82 Å². The highest BCUT2D eigenvalue weighted by molar-refractivity contribution is 5.90. The summed E-state index contributed by atoms with van der Waals surface area (Å²) in [5, 5.41) is 25.1. The van der Waals surface area contributed by atoms with Crippen molar-refractivity contribution in [1.29, 1.82) is 0 Å². The Morgan fingerprint density at radius 1 is 1.48 bits per heavy atom. The first-order chi connectivity index (χ1) is 10.1. The number of hydrogen-bond donors (Lipinski definition) is 3. The highest BCUT2D eigenvalue weighted by Gasteiger charge is 2.28. The fourth-order valence-corrected chi connectivity index (χ4v) is 1.78. The molecule has 0 bridgehead atoms. The lowest BCUT2D eigenvalue weighted by Crippen LogP contribution is -2.28. The van der Waals surface area contributed by atoms with Gasteiger partial charge >= 0.3 is 5.97 Å². The fraction of sp³-hybridized carbons (Fsp3) is 0.455. The Kier molecular flexibility index (Phi) is 3.34. The molecule has 10 nitrogen and oxygen atoms in total. The summed E-state index contributed by atoms with van der Waals surface area (Å²) in [4.78, 5) is 26.6. The zero-order valence-electron chi connectivity index (χ0n) is 11.0. The lowest BCUT2D eigenvalue weighted by atomic mass is 10.4. The molecule has 1 fully saturated rings. The van der Waals surface area contributed by atoms with Gasteiger partial charge in [-0.25, -0.2) is 14.5 Å². The van der Waals surface area contributed by atoms with Crippen molar-refractivity contribution in [2.24, 2.45) is 0 Å². The molecule has 1 amide bonds. The molecule has 0 aliphatic heterocycles. The molecule has 1 aliphatic carbocycles. The van der Waals surface area contributed by atoms with E-state index >= 15 is 0 Å². The molecule has 0 radical (unpaired) electrons. The average Bonchev–Trinajstić information content (AvgIpc) is 3.01. The van der Waals surface area contributed by atoms with Gasteiger partial charge in [-0.05, 0) is 12.8 Å². The third-order valence-electron chi connectivity index (χ3n) is 3.05. The Bertz CT molecular complexity index is 673. The third kappa shape index (κ3) is 3.04. The second kappa shape index (κ2) is 5.31. The van der Waals surface area contributed by atoms with E-state index in [0.717, 1.165) is 18.7 Å². The van der Waals surface area contributed by atoms with Crippen molar-refractivity contribution in [2.45, 2.75) is 25.3 Å². The molecule has 0 aromatic carbocycles. The van der Waals surface area contributed by atoms with Gasteiger partial charge in [0.25, 0.3) is 5.91 Å². The van der Waals surface area contributed by atoms with Crippen molar-refractivity contribution < 1.29 is 14.7 Å². The van der Waals surface area contributed by atoms with E-state index < -0.39 is 5.97 Å². The summed E-state index contributed by atoms with van der Waals surface area (Å²) in [6, 6.07) is 0. The Balaban J connectivity index is 1.49. The zero-order chi connectivity index (χ0) is 14.8. The van der Waals surface area contributed by atoms with E-state index in [1.807, 2.05) is 0 Å². The first-order valence-electron chi connectivity index (χ1n) is 6.47. The molecule has 3 rings (SSSR count). The maximum Gasteiger partial charge on any atom is 0.358 e. The molecule has 0 atom stereocenters. The number of aromatic carboxylic acids is 1. The van der Waals surface area contributed by atoms with E-state index in [0.29, 0.717) is 12.5 Å². The summed E-state index contributed by atoms with van der Waals surface area (Å²) in [7, 11) is 0. The topological polar surface area (TPSA) is 139 Å². The van der Waals surface area contributed by atoms with Gasteiger partial charge in [0.05, 0.1) is 12.7 Å². The minimum atomic E-state index is -1.14. The fourth-order valence-electron chi connectivity index (χ4n) is 1.78. The van der Waals surface area contributed by atoms with Gasteiger partial charge in [-0.1, -0.05) is 5.21 Å². The van der Waals surface area contributed by atoms with Crippen LogP contribution in [0.1, 0.15) is 45.7 Å². The number of carbonyl (C=O) groups excluding carboxylic acids is 1. The molecule has 2 aromatic heterocycles. The van der Waals surface area contributed by atoms with Crippen molar-refractivity contribution in [3.8, 4) is 0 Å². The quantitative estimate of drug-likeness (QED) is 0.645. The molecule has 2 aromatic rings. The van der Waals surface area contributed by atoms with Crippen LogP contribution in [0.2, 0.25) is 0 Å². The van der Waals surface area contributed by atoms with Crippen LogP contribution < -0.4 is 5.32 Å². The first kappa shape index (κ1) is 13.2. The number of rotatable bonds is 6. The first-order valence-corrected chi connectivity index (χ1v) is 6.47. The van der Waals surface area contributed by atoms with E-state index in [1.165, 1.54) is 10.9 Å². The molecular formula is C11H13N7O3. The Labute approximate surface area is 118 Å². The van der Waals surface area contributed by atoms with Gasteiger partial charge in [-0.3, -0.25) is 9.89 Å². The lowest BCUT2D eigenvalue weighted by Gasteiger charge is -2.01. The number of H-pyrrole nitrogens is 1. The van der Waals surface area contributed by atoms with Crippen molar-refractivity contribution in [1.82, 2.24) is 35.5 Å². The minimum absolute atomic E-state index is 0.113. The van der Waals surface area contributed by atoms with Crippen molar-refractivity contribution in [3.05, 3.63) is 23.5 Å². The number of aromatic nitrogens is 6. The molecule has 3 N–H and O–H groups in total. The molecule has 0 spiro atoms. The van der Waals surface area contributed by atoms with Gasteiger partial charge in [0, 0.05) is 12.5 Å². The van der Waals surface area contributed by atoms with Gasteiger partial charge in [-0.2, -0.15) is 0 Å². The normalized spacial score (nSPS) is 14.1. The van der Waals surface area contributed by atoms with E-state index in [2.05, 4.69) is 30.8 Å². The molecule has 1 saturated carbocycles. The number of carboxylic acid groups (broad SMARTS) is 1. The van der Waals surface area contributed by atoms with Gasteiger partial charge in [0.15, 0.2) is 5.69 Å². The summed E-state index contributed by atoms with van der Waals surface area (Å²) >= 11 is 0. The molecule has 0 saturated heterocycles. The van der Waals surface area contributed by atoms with Crippen molar-refractivity contribution in [3.63, 3.8) is 0 Å². The van der Waals surface area contributed by atoms with Crippen LogP contribution in [0, 0.1) is 0 Å². The van der Waals surface area contributed by atoms with Crippen LogP contribution >= 0.6 is 0 Å². The number of aromatic amines is 1. The second-order valence-electron chi connectivity index (χ2n) is 4.75. The van der Waals surface area contributed by atoms with Crippen LogP contribution in [0.3, 0.4) is 0 Å². The summed E-state index contributed by atoms with van der Waals surface area (Å²) in [5.41, 5.74) is -0.135. The number of hydrogen-bond acceptors (Lipinski definition) is 6. The average molecular weight is 291 g/mol. The van der Waals surface area contributed by atoms with Crippen LogP contribution in [-0.2, 0) is 6.54 Å². The number of carbonyl (C=O) groups is 2. The molecule has 10 heteroatoms. The van der Waals surface area contributed by atoms with E-state index in [-0.39, 0.29) is 24.0 Å². The van der Waals surface area contributed by atoms with Gasteiger partial charge < -0.3 is 10.4 Å². The van der Waals surface area contributed by atoms with Crippen LogP contribution in [0.4, 0.5) is 0 Å². The van der Waals surface area contributed by atoms with Gasteiger partial charge in [-0.15, -0.1) is 10.2 Å². The van der Waals surface area contributed by atoms with Crippen molar-refractivity contribution in [2.75, 3.05) is 6.54 Å². The largest absolute Gasteiger partial charge is 0.476 e. The Morgan fingerprint density at radius 2 is 2.29 bits per heavy atom. The van der Waals surface area contributed by atoms with Crippen LogP contribution in [0.5, 0.6) is 0 Å². The summed E-state index contributed by atoms with van der Waals surface area (Å²) in [6.45, 7) is 0.584. The Hall–Kier alpha value is -2.78. The second-order valence-corrected chi connectivity index (χ2v) is 4.75. The molecule has 2 heterocycles. The highest BCUT2D eigenvalue weighted by Crippen LogP contribution is 2.37. The molecular weight excluding hydrogens is 278 g/mol. The predicted molar refractivity (Wildman–Crippen MR) is 67.7 cm³/mol. The monoisotopic (exact) mass is 291 g/mol. The van der Waals surface area contributed by atoms with Crippen LogP contribution in [0.15, 0.2) is 6.20 Å². The van der Waals surface area contributed by atoms with E-state index in [9.17, 15) is 9.59 Å². The van der Waals surface area contributed by atoms with E-state index in [4.69, 9.17) is 5.11 Å². The van der Waals surface area contributed by atoms with Crippen LogP contribution in [0.25, 0.3) is 0 Å². The number of nitrogens with one attached hydrogen (secondary N) is 2. The highest BCUT2D eigenvalue weighted by atomic mass is 16.4. The summed E-state index contributed by atoms with van der Waals surface area (Å²) in [6.07, 6.45) is 3.45. The zero-order valence-corrected chi connectivity index (χ0v) is 11.0. The standard InChI is InChI=1S/C11H13N7O3/c19-10(9-13-8(15-16-9)6-1-2-6)12-3-4-18-5-7(11(20)21)14-17-18/h5-6H,1-4H2,(H,12,19)(H,20,21)(H,13,15,16). The molecule has 0 unspecified atom stereocenters. The summed E-state index contributed by atoms with van der Waals surface area (Å²) in [5.74, 6) is -0.247. The molecule has 110 valence electrons. The maximum atomic E-state index is 11.8. The van der Waals surface area contributed by atoms with Crippen molar-refractivity contribution >= 4 is 11.9 Å². The maximum absolute atomic E-state index is 11.8. The number of carboxylic acids is 1. The Morgan fingerprint density at radius 3 is 2.95 bits per heavy atom. The SMILES string of the molecule is O=C(O)c1cn(CCNC(=O)c2n[nH]c(C3CC3)n2)nn1. The van der Waals surface area contributed by atoms with Gasteiger partial charge in [0.2, 0.25) is 5.82 Å². The summed E-state index contributed by atoms with van der Waals surface area (Å²) < 4.78 is 1.34. The number of nitrogens with zero attached hydrogens (tertiary/aromatic N) is 5. The van der Waals surface area contributed by atoms with Crippen LogP contribution in [-0.4, -0.2) is 53.7 Å². The molecule has 21 heavy (non-hydrogen) atoms. The third-order valence-corrected chi connectivity index (χ3v) is 3.05. The predicted octanol–water partition coefficient (Wildman–Crippen LogP) is -0.598.